The lowest BCUT2D eigenvalue weighted by Gasteiger charge is -2.13. The molecule has 0 saturated heterocycles. The molecule has 1 heterocycles. The largest absolute Gasteiger partial charge is 0.490 e. The molecule has 1 aromatic heterocycles. The lowest BCUT2D eigenvalue weighted by Crippen LogP contribution is -2.06. The lowest BCUT2D eigenvalue weighted by molar-refractivity contribution is -0.385. The Labute approximate surface area is 126 Å². The number of rotatable bonds is 6. The Hall–Kier alpha value is -2.15. The molecule has 0 aliphatic carbocycles. The van der Waals surface area contributed by atoms with Crippen molar-refractivity contribution in [2.24, 2.45) is 0 Å². The first-order chi connectivity index (χ1) is 10.0. The highest BCUT2D eigenvalue weighted by molar-refractivity contribution is 7.11. The van der Waals surface area contributed by atoms with Gasteiger partial charge in [0.2, 0.25) is 0 Å². The van der Waals surface area contributed by atoms with Crippen LogP contribution in [0, 0.1) is 10.1 Å². The molecule has 1 aromatic carbocycles. The summed E-state index contributed by atoms with van der Waals surface area (Å²) in [6.45, 7) is 4.10. The Morgan fingerprint density at radius 3 is 2.86 bits per heavy atom. The third-order valence-corrected chi connectivity index (χ3v) is 4.37. The van der Waals surface area contributed by atoms with Gasteiger partial charge >= 0.3 is 5.69 Å². The topological polar surface area (TPSA) is 77.3 Å². The molecule has 0 radical (unpaired) electrons. The molecule has 21 heavy (non-hydrogen) atoms. The number of benzene rings is 1. The fraction of sp³-hybridized carbons (Fsp3) is 0.357. The number of nitrogens with zero attached hydrogens (tertiary/aromatic N) is 2. The zero-order chi connectivity index (χ0) is 15.4. The van der Waals surface area contributed by atoms with Gasteiger partial charge < -0.3 is 10.1 Å². The summed E-state index contributed by atoms with van der Waals surface area (Å²) in [5.41, 5.74) is 0.719. The van der Waals surface area contributed by atoms with Gasteiger partial charge in [-0.2, -0.15) is 0 Å². The first kappa shape index (κ1) is 15.2. The van der Waals surface area contributed by atoms with Crippen LogP contribution in [0.1, 0.15) is 29.8 Å². The summed E-state index contributed by atoms with van der Waals surface area (Å²) in [5.74, 6) is 0.241. The molecule has 2 aromatic rings. The van der Waals surface area contributed by atoms with E-state index < -0.39 is 4.92 Å². The van der Waals surface area contributed by atoms with E-state index in [2.05, 4.69) is 17.2 Å². The van der Waals surface area contributed by atoms with Crippen LogP contribution in [0.5, 0.6) is 5.75 Å². The van der Waals surface area contributed by atoms with Crippen LogP contribution in [-0.2, 0) is 6.42 Å². The Kier molecular flexibility index (Phi) is 4.74. The predicted octanol–water partition coefficient (Wildman–Crippen LogP) is 3.80. The van der Waals surface area contributed by atoms with E-state index >= 15 is 0 Å². The van der Waals surface area contributed by atoms with E-state index in [1.807, 2.05) is 13.1 Å². The molecule has 0 fully saturated rings. The number of aryl methyl sites for hydroxylation is 1. The first-order valence-corrected chi connectivity index (χ1v) is 7.40. The number of methoxy groups -OCH3 is 1. The number of anilines is 1. The molecule has 0 amide bonds. The van der Waals surface area contributed by atoms with Crippen molar-refractivity contribution >= 4 is 22.7 Å². The van der Waals surface area contributed by atoms with E-state index in [0.717, 1.165) is 17.1 Å². The van der Waals surface area contributed by atoms with Crippen LogP contribution in [0.15, 0.2) is 24.4 Å². The van der Waals surface area contributed by atoms with Gasteiger partial charge in [0, 0.05) is 28.9 Å². The maximum absolute atomic E-state index is 10.9. The number of ether oxygens (including phenoxy) is 1. The average molecular weight is 307 g/mol. The highest BCUT2D eigenvalue weighted by Gasteiger charge is 2.16. The fourth-order valence-electron chi connectivity index (χ4n) is 1.92. The van der Waals surface area contributed by atoms with Crippen LogP contribution >= 0.6 is 11.3 Å². The zero-order valence-electron chi connectivity index (χ0n) is 12.1. The molecule has 1 atom stereocenters. The second-order valence-electron chi connectivity index (χ2n) is 4.53. The quantitative estimate of drug-likeness (QED) is 0.649. The Bertz CT molecular complexity index is 642. The SMILES string of the molecule is CCc1cnc(C(C)Nc2ccc([N+](=O)[O-])c(OC)c2)s1. The van der Waals surface area contributed by atoms with Gasteiger partial charge in [-0.25, -0.2) is 4.98 Å². The normalized spacial score (nSPS) is 12.0. The van der Waals surface area contributed by atoms with Crippen LogP contribution in [-0.4, -0.2) is 17.0 Å². The van der Waals surface area contributed by atoms with Crippen LogP contribution < -0.4 is 10.1 Å². The van der Waals surface area contributed by atoms with Crippen molar-refractivity contribution in [1.82, 2.24) is 4.98 Å². The second-order valence-corrected chi connectivity index (χ2v) is 5.67. The number of nitro groups is 1. The summed E-state index contributed by atoms with van der Waals surface area (Å²) in [4.78, 5) is 16.0. The van der Waals surface area contributed by atoms with Crippen LogP contribution in [0.4, 0.5) is 11.4 Å². The van der Waals surface area contributed by atoms with Crippen LogP contribution in [0.25, 0.3) is 0 Å². The van der Waals surface area contributed by atoms with Crippen molar-refractivity contribution < 1.29 is 9.66 Å². The molecule has 6 nitrogen and oxygen atoms in total. The summed E-state index contributed by atoms with van der Waals surface area (Å²) in [6.07, 6.45) is 2.85. The van der Waals surface area contributed by atoms with Gasteiger partial charge in [-0.05, 0) is 19.4 Å². The van der Waals surface area contributed by atoms with Gasteiger partial charge in [0.1, 0.15) is 5.01 Å². The molecule has 1 unspecified atom stereocenters. The second kappa shape index (κ2) is 6.53. The van der Waals surface area contributed by atoms with Crippen molar-refractivity contribution in [2.45, 2.75) is 26.3 Å². The Morgan fingerprint density at radius 1 is 1.52 bits per heavy atom. The number of aromatic nitrogens is 1. The monoisotopic (exact) mass is 307 g/mol. The van der Waals surface area contributed by atoms with Crippen molar-refractivity contribution in [1.29, 1.82) is 0 Å². The van der Waals surface area contributed by atoms with Gasteiger partial charge in [-0.1, -0.05) is 6.92 Å². The standard InChI is InChI=1S/C14H17N3O3S/c1-4-11-8-15-14(21-11)9(2)16-10-5-6-12(17(18)19)13(7-10)20-3/h5-9,16H,4H2,1-3H3. The van der Waals surface area contributed by atoms with E-state index in [-0.39, 0.29) is 17.5 Å². The number of nitro benzene ring substituents is 1. The maximum atomic E-state index is 10.9. The average Bonchev–Trinajstić information content (AvgIpc) is 2.95. The molecule has 0 aliphatic rings. The number of hydrogen-bond acceptors (Lipinski definition) is 6. The highest BCUT2D eigenvalue weighted by atomic mass is 32.1. The summed E-state index contributed by atoms with van der Waals surface area (Å²) < 4.78 is 5.06. The highest BCUT2D eigenvalue weighted by Crippen LogP contribution is 2.31. The molecule has 112 valence electrons. The van der Waals surface area contributed by atoms with Gasteiger partial charge in [0.05, 0.1) is 18.1 Å². The van der Waals surface area contributed by atoms with E-state index in [1.54, 1.807) is 23.5 Å². The van der Waals surface area contributed by atoms with Crippen molar-refractivity contribution in [3.8, 4) is 5.75 Å². The van der Waals surface area contributed by atoms with Crippen LogP contribution in [0.2, 0.25) is 0 Å². The Balaban J connectivity index is 2.17. The molecule has 1 N–H and O–H groups in total. The molecular formula is C14H17N3O3S. The van der Waals surface area contributed by atoms with E-state index in [0.29, 0.717) is 0 Å². The molecular weight excluding hydrogens is 290 g/mol. The third-order valence-electron chi connectivity index (χ3n) is 3.05. The Morgan fingerprint density at radius 2 is 2.29 bits per heavy atom. The first-order valence-electron chi connectivity index (χ1n) is 6.58. The molecule has 2 rings (SSSR count). The minimum atomic E-state index is -0.458. The number of thiazole rings is 1. The van der Waals surface area contributed by atoms with Crippen molar-refractivity contribution in [3.63, 3.8) is 0 Å². The minimum absolute atomic E-state index is 0.0291. The number of nitrogens with one attached hydrogen (secondary N) is 1. The number of hydrogen-bond donors (Lipinski definition) is 1. The van der Waals surface area contributed by atoms with Gasteiger partial charge in [-0.3, -0.25) is 10.1 Å². The molecule has 0 saturated carbocycles. The van der Waals surface area contributed by atoms with Gasteiger partial charge in [0.25, 0.3) is 0 Å². The summed E-state index contributed by atoms with van der Waals surface area (Å²) in [7, 11) is 1.42. The molecule has 0 bridgehead atoms. The zero-order valence-corrected chi connectivity index (χ0v) is 12.9. The summed E-state index contributed by atoms with van der Waals surface area (Å²) in [5, 5.41) is 15.1. The lowest BCUT2D eigenvalue weighted by atomic mass is 10.2. The predicted molar refractivity (Wildman–Crippen MR) is 83.2 cm³/mol. The van der Waals surface area contributed by atoms with Crippen molar-refractivity contribution in [2.75, 3.05) is 12.4 Å². The molecule has 0 spiro atoms. The summed E-state index contributed by atoms with van der Waals surface area (Å²) >= 11 is 1.67. The minimum Gasteiger partial charge on any atom is -0.490 e. The molecule has 7 heteroatoms. The van der Waals surface area contributed by atoms with E-state index in [1.165, 1.54) is 18.1 Å². The molecule has 0 aliphatic heterocycles. The summed E-state index contributed by atoms with van der Waals surface area (Å²) in [6, 6.07) is 4.77. The van der Waals surface area contributed by atoms with Gasteiger partial charge in [-0.15, -0.1) is 11.3 Å². The van der Waals surface area contributed by atoms with E-state index in [9.17, 15) is 10.1 Å². The van der Waals surface area contributed by atoms with Crippen molar-refractivity contribution in [3.05, 3.63) is 44.4 Å². The smallest absolute Gasteiger partial charge is 0.311 e. The van der Waals surface area contributed by atoms with E-state index in [4.69, 9.17) is 4.74 Å². The van der Waals surface area contributed by atoms with Crippen LogP contribution in [0.3, 0.4) is 0 Å². The fourth-order valence-corrected chi connectivity index (χ4v) is 2.78. The maximum Gasteiger partial charge on any atom is 0.311 e. The van der Waals surface area contributed by atoms with Gasteiger partial charge in [0.15, 0.2) is 5.75 Å². The third kappa shape index (κ3) is 3.49.